The molecule has 2 aromatic heterocycles. The summed E-state index contributed by atoms with van der Waals surface area (Å²) in [5.74, 6) is 0.984. The molecular weight excluding hydrogens is 613 g/mol. The molecule has 0 unspecified atom stereocenters. The highest BCUT2D eigenvalue weighted by Crippen LogP contribution is 2.46. The second-order valence-electron chi connectivity index (χ2n) is 12.8. The van der Waals surface area contributed by atoms with E-state index in [1.807, 2.05) is 17.4 Å². The standard InChI is InChI=1S/C46H30N2S/c1-29-47-41-16-8-9-17-42(41)48(29)34-23-19-31(20-24-34)45-36-14-5-6-15-37(36)46(40-27-32(21-25-38(40)45)30-11-3-2-4-12-30)33-22-26-44-39(28-33)35-13-7-10-18-43(35)49-44/h2-28H,1H3. The molecule has 8 aromatic carbocycles. The first-order chi connectivity index (χ1) is 24.2. The van der Waals surface area contributed by atoms with Gasteiger partial charge in [-0.15, -0.1) is 11.3 Å². The minimum Gasteiger partial charge on any atom is -0.297 e. The van der Waals surface area contributed by atoms with E-state index in [2.05, 4.69) is 169 Å². The fourth-order valence-electron chi connectivity index (χ4n) is 7.74. The van der Waals surface area contributed by atoms with E-state index in [1.54, 1.807) is 0 Å². The highest BCUT2D eigenvalue weighted by Gasteiger charge is 2.19. The Kier molecular flexibility index (Phi) is 6.30. The van der Waals surface area contributed by atoms with Gasteiger partial charge in [-0.1, -0.05) is 115 Å². The molecule has 0 spiro atoms. The van der Waals surface area contributed by atoms with Crippen LogP contribution in [0.5, 0.6) is 0 Å². The third-order valence-corrected chi connectivity index (χ3v) is 11.1. The maximum Gasteiger partial charge on any atom is 0.111 e. The van der Waals surface area contributed by atoms with Crippen molar-refractivity contribution in [3.05, 3.63) is 170 Å². The maximum absolute atomic E-state index is 4.82. The summed E-state index contributed by atoms with van der Waals surface area (Å²) in [5, 5.41) is 7.66. The van der Waals surface area contributed by atoms with Crippen LogP contribution in [0, 0.1) is 6.92 Å². The highest BCUT2D eigenvalue weighted by atomic mass is 32.1. The number of benzene rings is 8. The molecule has 0 aliphatic carbocycles. The number of para-hydroxylation sites is 2. The lowest BCUT2D eigenvalue weighted by Gasteiger charge is -2.19. The molecule has 0 fully saturated rings. The van der Waals surface area contributed by atoms with E-state index in [9.17, 15) is 0 Å². The lowest BCUT2D eigenvalue weighted by atomic mass is 9.84. The Morgan fingerprint density at radius 2 is 1.02 bits per heavy atom. The van der Waals surface area contributed by atoms with Gasteiger partial charge in [0.25, 0.3) is 0 Å². The zero-order valence-corrected chi connectivity index (χ0v) is 27.7. The van der Waals surface area contributed by atoms with Crippen LogP contribution < -0.4 is 0 Å². The van der Waals surface area contributed by atoms with Gasteiger partial charge in [-0.2, -0.15) is 0 Å². The molecule has 10 aromatic rings. The number of hydrogen-bond donors (Lipinski definition) is 0. The first kappa shape index (κ1) is 28.0. The van der Waals surface area contributed by atoms with Crippen LogP contribution in [0.15, 0.2) is 164 Å². The fraction of sp³-hybridized carbons (Fsp3) is 0.0217. The van der Waals surface area contributed by atoms with Crippen molar-refractivity contribution in [2.75, 3.05) is 0 Å². The molecule has 0 saturated carbocycles. The summed E-state index contributed by atoms with van der Waals surface area (Å²) in [6.45, 7) is 2.08. The minimum atomic E-state index is 0.984. The fourth-order valence-corrected chi connectivity index (χ4v) is 8.83. The number of rotatable bonds is 4. The normalized spacial score (nSPS) is 11.8. The summed E-state index contributed by atoms with van der Waals surface area (Å²) in [7, 11) is 0. The number of imidazole rings is 1. The van der Waals surface area contributed by atoms with Crippen LogP contribution in [0.4, 0.5) is 0 Å². The number of aryl methyl sites for hydroxylation is 1. The summed E-state index contributed by atoms with van der Waals surface area (Å²) < 4.78 is 4.89. The van der Waals surface area contributed by atoms with Gasteiger partial charge in [0.1, 0.15) is 5.82 Å². The Morgan fingerprint density at radius 3 is 1.84 bits per heavy atom. The number of hydrogen-bond acceptors (Lipinski definition) is 2. The summed E-state index contributed by atoms with van der Waals surface area (Å²) in [6, 6.07) is 59.9. The second kappa shape index (κ2) is 11.0. The average molecular weight is 643 g/mol. The van der Waals surface area contributed by atoms with Gasteiger partial charge in [0.15, 0.2) is 0 Å². The predicted molar refractivity (Wildman–Crippen MR) is 210 cm³/mol. The summed E-state index contributed by atoms with van der Waals surface area (Å²) in [6.07, 6.45) is 0. The average Bonchev–Trinajstić information content (AvgIpc) is 3.70. The molecule has 2 nitrogen and oxygen atoms in total. The monoisotopic (exact) mass is 642 g/mol. The maximum atomic E-state index is 4.82. The number of aromatic nitrogens is 2. The van der Waals surface area contributed by atoms with Crippen LogP contribution in [0.25, 0.3) is 91.8 Å². The van der Waals surface area contributed by atoms with Crippen molar-refractivity contribution >= 4 is 64.1 Å². The van der Waals surface area contributed by atoms with Crippen LogP contribution in [-0.4, -0.2) is 9.55 Å². The van der Waals surface area contributed by atoms with Gasteiger partial charge < -0.3 is 0 Å². The van der Waals surface area contributed by atoms with E-state index in [4.69, 9.17) is 4.98 Å². The van der Waals surface area contributed by atoms with E-state index in [0.29, 0.717) is 0 Å². The van der Waals surface area contributed by atoms with Crippen LogP contribution >= 0.6 is 11.3 Å². The molecule has 0 radical (unpaired) electrons. The Bertz CT molecular complexity index is 2880. The van der Waals surface area contributed by atoms with E-state index >= 15 is 0 Å². The SMILES string of the molecule is Cc1nc2ccccc2n1-c1ccc(-c2c3ccccc3c(-c3ccc4sc5ccccc5c4c3)c3cc(-c4ccccc4)ccc23)cc1. The Balaban J connectivity index is 1.25. The molecular formula is C46H30N2S. The van der Waals surface area contributed by atoms with Crippen molar-refractivity contribution < 1.29 is 0 Å². The summed E-state index contributed by atoms with van der Waals surface area (Å²) in [4.78, 5) is 4.82. The predicted octanol–water partition coefficient (Wildman–Crippen LogP) is 13.0. The molecule has 0 amide bonds. The van der Waals surface area contributed by atoms with Gasteiger partial charge in [-0.3, -0.25) is 4.57 Å². The lowest BCUT2D eigenvalue weighted by Crippen LogP contribution is -1.97. The van der Waals surface area contributed by atoms with Crippen molar-refractivity contribution in [1.82, 2.24) is 9.55 Å². The van der Waals surface area contributed by atoms with Gasteiger partial charge in [-0.25, -0.2) is 4.98 Å². The zero-order valence-electron chi connectivity index (χ0n) is 26.9. The van der Waals surface area contributed by atoms with Crippen LogP contribution in [0.1, 0.15) is 5.82 Å². The molecule has 49 heavy (non-hydrogen) atoms. The smallest absolute Gasteiger partial charge is 0.111 e. The Morgan fingerprint density at radius 1 is 0.429 bits per heavy atom. The number of nitrogens with zero attached hydrogens (tertiary/aromatic N) is 2. The molecule has 2 heterocycles. The quantitative estimate of drug-likeness (QED) is 0.175. The number of thiophene rings is 1. The molecule has 0 atom stereocenters. The molecule has 0 aliphatic rings. The topological polar surface area (TPSA) is 17.8 Å². The van der Waals surface area contributed by atoms with Gasteiger partial charge in [0.05, 0.1) is 11.0 Å². The first-order valence-electron chi connectivity index (χ1n) is 16.7. The van der Waals surface area contributed by atoms with Crippen molar-refractivity contribution in [2.24, 2.45) is 0 Å². The van der Waals surface area contributed by atoms with Gasteiger partial charge in [-0.05, 0) is 110 Å². The summed E-state index contributed by atoms with van der Waals surface area (Å²) >= 11 is 1.87. The number of fused-ring (bicyclic) bond motifs is 6. The van der Waals surface area contributed by atoms with E-state index < -0.39 is 0 Å². The first-order valence-corrected chi connectivity index (χ1v) is 17.5. The molecule has 230 valence electrons. The van der Waals surface area contributed by atoms with E-state index in [1.165, 1.54) is 75.1 Å². The van der Waals surface area contributed by atoms with Gasteiger partial charge in [0.2, 0.25) is 0 Å². The highest BCUT2D eigenvalue weighted by molar-refractivity contribution is 7.25. The molecule has 3 heteroatoms. The van der Waals surface area contributed by atoms with Crippen molar-refractivity contribution in [2.45, 2.75) is 6.92 Å². The van der Waals surface area contributed by atoms with Crippen molar-refractivity contribution in [1.29, 1.82) is 0 Å². The van der Waals surface area contributed by atoms with Crippen molar-refractivity contribution in [3.8, 4) is 39.1 Å². The summed E-state index contributed by atoms with van der Waals surface area (Å²) in [5.41, 5.74) is 10.7. The van der Waals surface area contributed by atoms with E-state index in [-0.39, 0.29) is 0 Å². The molecule has 0 N–H and O–H groups in total. The lowest BCUT2D eigenvalue weighted by molar-refractivity contribution is 1.00. The van der Waals surface area contributed by atoms with E-state index in [0.717, 1.165) is 22.5 Å². The van der Waals surface area contributed by atoms with Crippen LogP contribution in [0.2, 0.25) is 0 Å². The molecule has 10 rings (SSSR count). The van der Waals surface area contributed by atoms with Gasteiger partial charge in [0, 0.05) is 25.9 Å². The van der Waals surface area contributed by atoms with Crippen LogP contribution in [0.3, 0.4) is 0 Å². The largest absolute Gasteiger partial charge is 0.297 e. The van der Waals surface area contributed by atoms with Crippen LogP contribution in [-0.2, 0) is 0 Å². The minimum absolute atomic E-state index is 0.984. The molecule has 0 bridgehead atoms. The zero-order chi connectivity index (χ0) is 32.5. The molecule has 0 aliphatic heterocycles. The van der Waals surface area contributed by atoms with Gasteiger partial charge >= 0.3 is 0 Å². The molecule has 0 saturated heterocycles. The van der Waals surface area contributed by atoms with Crippen molar-refractivity contribution in [3.63, 3.8) is 0 Å². The third kappa shape index (κ3) is 4.43. The Hall–Kier alpha value is -6.03. The Labute approximate surface area is 288 Å². The second-order valence-corrected chi connectivity index (χ2v) is 13.8. The third-order valence-electron chi connectivity index (χ3n) is 9.94.